The second-order valence-corrected chi connectivity index (χ2v) is 3.75. The third-order valence-corrected chi connectivity index (χ3v) is 0.333. The van der Waals surface area contributed by atoms with Crippen molar-refractivity contribution in [3.8, 4) is 0 Å². The lowest BCUT2D eigenvalue weighted by atomic mass is 10.7. The summed E-state index contributed by atoms with van der Waals surface area (Å²) in [6, 6.07) is 0. The van der Waals surface area contributed by atoms with Crippen molar-refractivity contribution in [3.05, 3.63) is 0 Å². The number of rotatable bonds is 2. The SMILES string of the molecule is CC(=O)O.CC(=O)O.CC(=O)O.CC(=O)O.CC(=O)O.NCCN.NCCN. The normalized spacial score (nSPS) is 6.61. The van der Waals surface area contributed by atoms with Gasteiger partial charge in [0.25, 0.3) is 29.8 Å². The van der Waals surface area contributed by atoms with Gasteiger partial charge in [0.15, 0.2) is 0 Å². The minimum absolute atomic E-state index is 0.597. The largest absolute Gasteiger partial charge is 0.481 e. The first kappa shape index (κ1) is 44.5. The van der Waals surface area contributed by atoms with Crippen molar-refractivity contribution in [1.29, 1.82) is 0 Å². The highest BCUT2D eigenvalue weighted by Gasteiger charge is 1.67. The molecule has 0 aliphatic carbocycles. The number of hydrogen-bond acceptors (Lipinski definition) is 9. The molecule has 0 rings (SSSR count). The number of nitrogens with two attached hydrogens (primary N) is 4. The molecule has 0 heterocycles. The molecule has 0 amide bonds. The van der Waals surface area contributed by atoms with Gasteiger partial charge in [-0.3, -0.25) is 24.0 Å². The molecular formula is C14H36N4O10. The molecule has 0 aromatic carbocycles. The van der Waals surface area contributed by atoms with E-state index in [1.807, 2.05) is 0 Å². The van der Waals surface area contributed by atoms with Crippen LogP contribution in [0.4, 0.5) is 0 Å². The second-order valence-electron chi connectivity index (χ2n) is 3.75. The van der Waals surface area contributed by atoms with E-state index in [0.29, 0.717) is 26.2 Å². The number of hydrogen-bond donors (Lipinski definition) is 9. The standard InChI is InChI=1S/2C2H8N2.5C2H4O2/c2*3-1-2-4;5*1-2(3)4/h2*1-4H2;5*1H3,(H,3,4). The molecule has 28 heavy (non-hydrogen) atoms. The molecular weight excluding hydrogens is 384 g/mol. The van der Waals surface area contributed by atoms with Crippen molar-refractivity contribution in [2.45, 2.75) is 34.6 Å². The highest BCUT2D eigenvalue weighted by molar-refractivity contribution is 5.63. The van der Waals surface area contributed by atoms with E-state index in [1.54, 1.807) is 0 Å². The predicted octanol–water partition coefficient (Wildman–Crippen LogP) is -1.74. The number of carboxylic acid groups (broad SMARTS) is 5. The summed E-state index contributed by atoms with van der Waals surface area (Å²) in [6.45, 7) is 7.81. The highest BCUT2D eigenvalue weighted by atomic mass is 16.4. The molecule has 0 aliphatic heterocycles. The van der Waals surface area contributed by atoms with Crippen LogP contribution in [0.1, 0.15) is 34.6 Å². The summed E-state index contributed by atoms with van der Waals surface area (Å²) in [7, 11) is 0. The minimum Gasteiger partial charge on any atom is -0.481 e. The van der Waals surface area contributed by atoms with Gasteiger partial charge in [0.2, 0.25) is 0 Å². The Hall–Kier alpha value is -2.81. The molecule has 0 radical (unpaired) electrons. The third kappa shape index (κ3) is 17400. The van der Waals surface area contributed by atoms with Crippen LogP contribution >= 0.6 is 0 Å². The van der Waals surface area contributed by atoms with Crippen LogP contribution in [0.5, 0.6) is 0 Å². The molecule has 13 N–H and O–H groups in total. The monoisotopic (exact) mass is 420 g/mol. The third-order valence-electron chi connectivity index (χ3n) is 0.333. The topological polar surface area (TPSA) is 291 Å². The molecule has 0 atom stereocenters. The van der Waals surface area contributed by atoms with E-state index in [0.717, 1.165) is 34.6 Å². The van der Waals surface area contributed by atoms with Crippen LogP contribution in [0.2, 0.25) is 0 Å². The molecule has 0 unspecified atom stereocenters. The summed E-state index contributed by atoms with van der Waals surface area (Å²) in [5, 5.41) is 37.1. The fourth-order valence-corrected chi connectivity index (χ4v) is 0. The lowest BCUT2D eigenvalue weighted by Crippen LogP contribution is -2.11. The van der Waals surface area contributed by atoms with Gasteiger partial charge >= 0.3 is 0 Å². The van der Waals surface area contributed by atoms with Gasteiger partial charge in [0.05, 0.1) is 0 Å². The van der Waals surface area contributed by atoms with Crippen molar-refractivity contribution in [1.82, 2.24) is 0 Å². The number of aliphatic carboxylic acids is 5. The van der Waals surface area contributed by atoms with Gasteiger partial charge in [-0.1, -0.05) is 0 Å². The summed E-state index contributed by atoms with van der Waals surface area (Å²) in [6.07, 6.45) is 0. The molecule has 0 spiro atoms. The molecule has 0 saturated carbocycles. The molecule has 14 heteroatoms. The van der Waals surface area contributed by atoms with Gasteiger partial charge in [-0.25, -0.2) is 0 Å². The first-order chi connectivity index (χ1) is 12.5. The van der Waals surface area contributed by atoms with Crippen LogP contribution in [-0.2, 0) is 24.0 Å². The Labute approximate surface area is 164 Å². The molecule has 0 aromatic heterocycles. The summed E-state index contributed by atoms with van der Waals surface area (Å²) in [4.78, 5) is 45.0. The lowest BCUT2D eigenvalue weighted by molar-refractivity contribution is -0.135. The molecule has 0 fully saturated rings. The van der Waals surface area contributed by atoms with Gasteiger partial charge in [-0.15, -0.1) is 0 Å². The Kier molecular flexibility index (Phi) is 79.0. The van der Waals surface area contributed by atoms with Gasteiger partial charge in [-0.2, -0.15) is 0 Å². The number of carbonyl (C=O) groups is 5. The van der Waals surface area contributed by atoms with Crippen LogP contribution in [0.15, 0.2) is 0 Å². The van der Waals surface area contributed by atoms with E-state index in [4.69, 9.17) is 72.4 Å². The van der Waals surface area contributed by atoms with E-state index < -0.39 is 29.8 Å². The van der Waals surface area contributed by atoms with Gasteiger partial charge in [0.1, 0.15) is 0 Å². The maximum atomic E-state index is 9.00. The molecule has 0 aliphatic rings. The highest BCUT2D eigenvalue weighted by Crippen LogP contribution is 1.43. The maximum Gasteiger partial charge on any atom is 0.300 e. The van der Waals surface area contributed by atoms with Gasteiger partial charge in [-0.05, 0) is 0 Å². The van der Waals surface area contributed by atoms with E-state index in [2.05, 4.69) is 0 Å². The Morgan fingerprint density at radius 3 is 0.464 bits per heavy atom. The first-order valence-electron chi connectivity index (χ1n) is 7.27. The summed E-state index contributed by atoms with van der Waals surface area (Å²) in [5.74, 6) is -4.17. The van der Waals surface area contributed by atoms with Gasteiger partial charge < -0.3 is 48.5 Å². The number of carboxylic acids is 5. The quantitative estimate of drug-likeness (QED) is 0.239. The van der Waals surface area contributed by atoms with Crippen molar-refractivity contribution in [2.24, 2.45) is 22.9 Å². The van der Waals surface area contributed by atoms with Crippen molar-refractivity contribution < 1.29 is 49.5 Å². The Bertz CT molecular complexity index is 268. The fraction of sp³-hybridized carbons (Fsp3) is 0.643. The summed E-state index contributed by atoms with van der Waals surface area (Å²) < 4.78 is 0. The minimum atomic E-state index is -0.833. The Morgan fingerprint density at radius 2 is 0.464 bits per heavy atom. The summed E-state index contributed by atoms with van der Waals surface area (Å²) in [5.41, 5.74) is 19.6. The van der Waals surface area contributed by atoms with E-state index in [9.17, 15) is 0 Å². The first-order valence-corrected chi connectivity index (χ1v) is 7.27. The smallest absolute Gasteiger partial charge is 0.300 e. The van der Waals surface area contributed by atoms with Crippen molar-refractivity contribution >= 4 is 29.8 Å². The molecule has 0 aromatic rings. The Balaban J connectivity index is -0.0000000367. The van der Waals surface area contributed by atoms with Gasteiger partial charge in [0, 0.05) is 60.8 Å². The molecule has 172 valence electrons. The van der Waals surface area contributed by atoms with Crippen LogP contribution in [-0.4, -0.2) is 81.6 Å². The second kappa shape index (κ2) is 49.6. The van der Waals surface area contributed by atoms with Crippen LogP contribution in [0.3, 0.4) is 0 Å². The van der Waals surface area contributed by atoms with E-state index in [-0.39, 0.29) is 0 Å². The zero-order valence-electron chi connectivity index (χ0n) is 16.9. The molecule has 14 nitrogen and oxygen atoms in total. The van der Waals surface area contributed by atoms with Crippen molar-refractivity contribution in [2.75, 3.05) is 26.2 Å². The van der Waals surface area contributed by atoms with Crippen LogP contribution < -0.4 is 22.9 Å². The molecule has 0 bridgehead atoms. The average molecular weight is 420 g/mol. The average Bonchev–Trinajstić information content (AvgIpc) is 2.44. The fourth-order valence-electron chi connectivity index (χ4n) is 0. The summed E-state index contributed by atoms with van der Waals surface area (Å²) >= 11 is 0. The Morgan fingerprint density at radius 1 is 0.429 bits per heavy atom. The predicted molar refractivity (Wildman–Crippen MR) is 103 cm³/mol. The van der Waals surface area contributed by atoms with Crippen LogP contribution in [0, 0.1) is 0 Å². The van der Waals surface area contributed by atoms with E-state index >= 15 is 0 Å². The van der Waals surface area contributed by atoms with Crippen molar-refractivity contribution in [3.63, 3.8) is 0 Å². The van der Waals surface area contributed by atoms with E-state index in [1.165, 1.54) is 0 Å². The zero-order chi connectivity index (χ0) is 24.7. The molecule has 0 saturated heterocycles. The lowest BCUT2D eigenvalue weighted by Gasteiger charge is -1.72. The maximum absolute atomic E-state index is 9.00. The zero-order valence-corrected chi connectivity index (χ0v) is 16.9. The van der Waals surface area contributed by atoms with Crippen LogP contribution in [0.25, 0.3) is 0 Å².